The zero-order valence-electron chi connectivity index (χ0n) is 27.6. The number of carbonyl (C=O) groups is 3. The molecule has 3 unspecified atom stereocenters. The molecule has 0 bridgehead atoms. The Morgan fingerprint density at radius 2 is 1.59 bits per heavy atom. The second-order valence-corrected chi connectivity index (χ2v) is 13.7. The lowest BCUT2D eigenvalue weighted by Gasteiger charge is -2.32. The number of aromatic nitrogens is 1. The summed E-state index contributed by atoms with van der Waals surface area (Å²) in [6, 6.07) is 19.4. The molecule has 0 saturated heterocycles. The van der Waals surface area contributed by atoms with Crippen molar-refractivity contribution < 1.29 is 19.1 Å². The lowest BCUT2D eigenvalue weighted by Crippen LogP contribution is -2.55. The third-order valence-corrected chi connectivity index (χ3v) is 7.56. The van der Waals surface area contributed by atoms with Crippen LogP contribution in [0.2, 0.25) is 0 Å². The molecule has 0 fully saturated rings. The Kier molecular flexibility index (Phi) is 11.9. The summed E-state index contributed by atoms with van der Waals surface area (Å²) < 4.78 is 5.57. The zero-order valence-corrected chi connectivity index (χ0v) is 27.6. The van der Waals surface area contributed by atoms with E-state index in [2.05, 4.69) is 52.9 Å². The van der Waals surface area contributed by atoms with E-state index in [4.69, 9.17) is 4.74 Å². The van der Waals surface area contributed by atoms with Crippen LogP contribution in [0.5, 0.6) is 0 Å². The van der Waals surface area contributed by atoms with Crippen molar-refractivity contribution in [2.24, 2.45) is 11.3 Å². The molecule has 0 aliphatic carbocycles. The Morgan fingerprint density at radius 1 is 0.886 bits per heavy atom. The van der Waals surface area contributed by atoms with Crippen LogP contribution in [-0.2, 0) is 25.5 Å². The number of rotatable bonds is 12. The topological polar surface area (TPSA) is 97.4 Å². The highest BCUT2D eigenvalue weighted by atomic mass is 16.6. The Labute approximate surface area is 263 Å². The van der Waals surface area contributed by atoms with Gasteiger partial charge in [-0.3, -0.25) is 19.4 Å². The Bertz CT molecular complexity index is 1390. The van der Waals surface area contributed by atoms with E-state index in [0.717, 1.165) is 12.0 Å². The van der Waals surface area contributed by atoms with Crippen molar-refractivity contribution in [3.05, 3.63) is 89.7 Å². The number of carbonyl (C=O) groups excluding carboxylic acids is 3. The first-order valence-corrected chi connectivity index (χ1v) is 15.5. The van der Waals surface area contributed by atoms with Gasteiger partial charge >= 0.3 is 5.97 Å². The van der Waals surface area contributed by atoms with Crippen LogP contribution < -0.4 is 10.6 Å². The maximum Gasteiger partial charge on any atom is 0.307 e. The van der Waals surface area contributed by atoms with Crippen molar-refractivity contribution >= 4 is 17.8 Å². The summed E-state index contributed by atoms with van der Waals surface area (Å²) in [7, 11) is 0. The Balaban J connectivity index is 1.72. The van der Waals surface area contributed by atoms with Gasteiger partial charge in [-0.25, -0.2) is 0 Å². The number of hydrogen-bond acceptors (Lipinski definition) is 5. The minimum atomic E-state index is -0.802. The smallest absolute Gasteiger partial charge is 0.307 e. The van der Waals surface area contributed by atoms with Gasteiger partial charge in [-0.15, -0.1) is 0 Å². The third-order valence-electron chi connectivity index (χ3n) is 7.56. The van der Waals surface area contributed by atoms with Crippen LogP contribution in [0.4, 0.5) is 0 Å². The molecule has 3 aromatic rings. The van der Waals surface area contributed by atoms with Gasteiger partial charge in [-0.1, -0.05) is 75.4 Å². The molecule has 0 saturated carbocycles. The van der Waals surface area contributed by atoms with Crippen LogP contribution >= 0.6 is 0 Å². The fourth-order valence-electron chi connectivity index (χ4n) is 5.23. The molecule has 236 valence electrons. The number of pyridine rings is 1. The molecular formula is C37H49N3O4. The quantitative estimate of drug-likeness (QED) is 0.216. The van der Waals surface area contributed by atoms with Gasteiger partial charge in [0.15, 0.2) is 0 Å². The van der Waals surface area contributed by atoms with E-state index in [9.17, 15) is 14.4 Å². The first-order valence-electron chi connectivity index (χ1n) is 15.5. The predicted molar refractivity (Wildman–Crippen MR) is 176 cm³/mol. The van der Waals surface area contributed by atoms with Gasteiger partial charge in [0.25, 0.3) is 0 Å². The van der Waals surface area contributed by atoms with Crippen LogP contribution in [0.25, 0.3) is 11.1 Å². The number of hydrogen-bond donors (Lipinski definition) is 2. The maximum absolute atomic E-state index is 13.8. The SMILES string of the molecule is Cc1cc(CCCC(CC(=O)OC(C)(C)C)C(=O)NC(C(=O)NC(C)c2cccnc2)C(C)(C)C)ccc1-c1ccccc1. The summed E-state index contributed by atoms with van der Waals surface area (Å²) in [6.45, 7) is 15.2. The third kappa shape index (κ3) is 10.6. The normalized spacial score (nSPS) is 13.8. The standard InChI is InChI=1S/C37H49N3O4/c1-25-22-27(19-20-31(25)28-15-10-9-11-16-28)14-12-17-29(23-32(41)44-37(6,7)8)34(42)40-33(36(3,4)5)35(43)39-26(2)30-18-13-21-38-24-30/h9-11,13,15-16,18-22,24,26,29,33H,12,14,17,23H2,1-8H3,(H,39,43)(H,40,42). The largest absolute Gasteiger partial charge is 0.460 e. The van der Waals surface area contributed by atoms with Gasteiger partial charge < -0.3 is 15.4 Å². The average molecular weight is 600 g/mol. The number of nitrogens with zero attached hydrogens (tertiary/aromatic N) is 1. The van der Waals surface area contributed by atoms with E-state index >= 15 is 0 Å². The van der Waals surface area contributed by atoms with E-state index < -0.39 is 28.9 Å². The second kappa shape index (κ2) is 15.1. The van der Waals surface area contributed by atoms with Gasteiger partial charge in [-0.05, 0) is 93.2 Å². The van der Waals surface area contributed by atoms with E-state index in [1.165, 1.54) is 22.3 Å². The molecule has 1 aromatic heterocycles. The van der Waals surface area contributed by atoms with Gasteiger partial charge in [0.2, 0.25) is 11.8 Å². The molecule has 0 aliphatic rings. The molecule has 7 nitrogen and oxygen atoms in total. The Hall–Kier alpha value is -4.00. The highest BCUT2D eigenvalue weighted by Crippen LogP contribution is 2.26. The van der Waals surface area contributed by atoms with Crippen LogP contribution in [0.3, 0.4) is 0 Å². The number of nitrogens with one attached hydrogen (secondary N) is 2. The van der Waals surface area contributed by atoms with Crippen LogP contribution in [0, 0.1) is 18.3 Å². The first kappa shape index (κ1) is 34.5. The van der Waals surface area contributed by atoms with E-state index in [1.54, 1.807) is 12.4 Å². The number of benzene rings is 2. The number of amides is 2. The monoisotopic (exact) mass is 599 g/mol. The summed E-state index contributed by atoms with van der Waals surface area (Å²) >= 11 is 0. The van der Waals surface area contributed by atoms with Crippen molar-refractivity contribution in [3.63, 3.8) is 0 Å². The molecule has 44 heavy (non-hydrogen) atoms. The highest BCUT2D eigenvalue weighted by molar-refractivity contribution is 5.90. The number of esters is 1. The van der Waals surface area contributed by atoms with Crippen molar-refractivity contribution in [3.8, 4) is 11.1 Å². The molecule has 2 amide bonds. The van der Waals surface area contributed by atoms with E-state index in [-0.39, 0.29) is 24.3 Å². The molecule has 0 spiro atoms. The highest BCUT2D eigenvalue weighted by Gasteiger charge is 2.36. The van der Waals surface area contributed by atoms with Crippen molar-refractivity contribution in [1.82, 2.24) is 15.6 Å². The fourth-order valence-corrected chi connectivity index (χ4v) is 5.23. The van der Waals surface area contributed by atoms with Gasteiger partial charge in [0.05, 0.1) is 12.5 Å². The molecule has 0 radical (unpaired) electrons. The van der Waals surface area contributed by atoms with Gasteiger partial charge in [0.1, 0.15) is 11.6 Å². The van der Waals surface area contributed by atoms with Crippen molar-refractivity contribution in [2.75, 3.05) is 0 Å². The minimum absolute atomic E-state index is 0.0559. The van der Waals surface area contributed by atoms with Crippen molar-refractivity contribution in [1.29, 1.82) is 0 Å². The molecule has 3 rings (SSSR count). The van der Waals surface area contributed by atoms with Gasteiger partial charge in [-0.2, -0.15) is 0 Å². The number of aryl methyl sites for hydroxylation is 2. The summed E-state index contributed by atoms with van der Waals surface area (Å²) in [5.74, 6) is -1.67. The van der Waals surface area contributed by atoms with E-state index in [0.29, 0.717) is 12.8 Å². The average Bonchev–Trinajstić information content (AvgIpc) is 2.94. The molecule has 2 N–H and O–H groups in total. The second-order valence-electron chi connectivity index (χ2n) is 13.7. The molecule has 7 heteroatoms. The summed E-state index contributed by atoms with van der Waals surface area (Å²) in [5.41, 5.74) is 4.38. The summed E-state index contributed by atoms with van der Waals surface area (Å²) in [4.78, 5) is 44.2. The first-order chi connectivity index (χ1) is 20.6. The summed E-state index contributed by atoms with van der Waals surface area (Å²) in [5, 5.41) is 6.01. The van der Waals surface area contributed by atoms with Crippen LogP contribution in [-0.4, -0.2) is 34.4 Å². The summed E-state index contributed by atoms with van der Waals surface area (Å²) in [6.07, 6.45) is 5.29. The zero-order chi connectivity index (χ0) is 32.5. The molecule has 3 atom stereocenters. The lowest BCUT2D eigenvalue weighted by molar-refractivity contribution is -0.157. The van der Waals surface area contributed by atoms with Crippen LogP contribution in [0.15, 0.2) is 73.1 Å². The molecule has 2 aromatic carbocycles. The maximum atomic E-state index is 13.8. The molecule has 1 heterocycles. The molecule has 0 aliphatic heterocycles. The van der Waals surface area contributed by atoms with Gasteiger partial charge in [0, 0.05) is 18.3 Å². The molecular weight excluding hydrogens is 550 g/mol. The number of ether oxygens (including phenoxy) is 1. The van der Waals surface area contributed by atoms with E-state index in [1.807, 2.05) is 78.8 Å². The minimum Gasteiger partial charge on any atom is -0.460 e. The fraction of sp³-hybridized carbons (Fsp3) is 0.459. The Morgan fingerprint density at radius 3 is 2.18 bits per heavy atom. The lowest BCUT2D eigenvalue weighted by atomic mass is 9.85. The van der Waals surface area contributed by atoms with Crippen molar-refractivity contribution in [2.45, 2.75) is 98.8 Å². The van der Waals surface area contributed by atoms with Crippen LogP contribution in [0.1, 0.15) is 90.5 Å². The predicted octanol–water partition coefficient (Wildman–Crippen LogP) is 7.14.